The van der Waals surface area contributed by atoms with Gasteiger partial charge in [0.1, 0.15) is 12.4 Å². The number of nitrogens with zero attached hydrogens (tertiary/aromatic N) is 4. The van der Waals surface area contributed by atoms with E-state index in [1.54, 1.807) is 30.3 Å². The summed E-state index contributed by atoms with van der Waals surface area (Å²) in [6.07, 6.45) is 0. The average molecular weight is 387 g/mol. The van der Waals surface area contributed by atoms with Gasteiger partial charge >= 0.3 is 0 Å². The number of hydrogen-bond acceptors (Lipinski definition) is 4. The lowest BCUT2D eigenvalue weighted by molar-refractivity contribution is 0.304. The summed E-state index contributed by atoms with van der Waals surface area (Å²) in [4.78, 5) is 19.3. The molecule has 26 heavy (non-hydrogen) atoms. The first-order valence-corrected chi connectivity index (χ1v) is 8.73. The fourth-order valence-corrected chi connectivity index (χ4v) is 3.27. The number of rotatable bonds is 5. The highest BCUT2D eigenvalue weighted by Gasteiger charge is 2.13. The summed E-state index contributed by atoms with van der Waals surface area (Å²) < 4.78 is 1.42. The molecule has 1 heterocycles. The Bertz CT molecular complexity index is 1060. The molecule has 3 rings (SSSR count). The molecule has 0 aliphatic carbocycles. The largest absolute Gasteiger partial charge is 0.295 e. The SMILES string of the molecule is CN(Cc1ccc(Cl)cc1Cl)Cc1nc2ccccc2c(=O)n1CC#N. The van der Waals surface area contributed by atoms with Crippen molar-refractivity contribution in [2.75, 3.05) is 7.05 Å². The molecule has 0 fully saturated rings. The summed E-state index contributed by atoms with van der Waals surface area (Å²) in [5, 5.41) is 10.8. The first-order valence-electron chi connectivity index (χ1n) is 7.97. The van der Waals surface area contributed by atoms with Crippen LogP contribution in [0.25, 0.3) is 10.9 Å². The summed E-state index contributed by atoms with van der Waals surface area (Å²) in [6.45, 7) is 0.924. The van der Waals surface area contributed by atoms with Crippen LogP contribution in [-0.2, 0) is 19.6 Å². The molecule has 0 bridgehead atoms. The smallest absolute Gasteiger partial charge is 0.262 e. The molecule has 0 atom stereocenters. The van der Waals surface area contributed by atoms with Crippen LogP contribution in [0, 0.1) is 11.3 Å². The molecule has 0 spiro atoms. The van der Waals surface area contributed by atoms with Crippen molar-refractivity contribution in [3.8, 4) is 6.07 Å². The minimum absolute atomic E-state index is 0.0401. The third-order valence-electron chi connectivity index (χ3n) is 4.04. The minimum Gasteiger partial charge on any atom is -0.295 e. The normalized spacial score (nSPS) is 11.0. The number of aromatic nitrogens is 2. The van der Waals surface area contributed by atoms with Crippen LogP contribution in [-0.4, -0.2) is 21.5 Å². The van der Waals surface area contributed by atoms with Crippen LogP contribution in [0.5, 0.6) is 0 Å². The fraction of sp³-hybridized carbons (Fsp3) is 0.211. The van der Waals surface area contributed by atoms with Gasteiger partial charge in [0.2, 0.25) is 0 Å². The lowest BCUT2D eigenvalue weighted by Crippen LogP contribution is -2.29. The van der Waals surface area contributed by atoms with Crippen LogP contribution in [0.1, 0.15) is 11.4 Å². The Morgan fingerprint density at radius 3 is 2.69 bits per heavy atom. The van der Waals surface area contributed by atoms with E-state index in [9.17, 15) is 4.79 Å². The third kappa shape index (κ3) is 3.88. The zero-order chi connectivity index (χ0) is 18.7. The van der Waals surface area contributed by atoms with Crippen LogP contribution < -0.4 is 5.56 Å². The standard InChI is InChI=1S/C19H16Cl2N4O/c1-24(11-13-6-7-14(20)10-16(13)21)12-18-23-17-5-3-2-4-15(17)19(26)25(18)9-8-22/h2-7,10H,9,11-12H2,1H3. The van der Waals surface area contributed by atoms with E-state index in [2.05, 4.69) is 4.98 Å². The van der Waals surface area contributed by atoms with Gasteiger partial charge in [-0.2, -0.15) is 5.26 Å². The van der Waals surface area contributed by atoms with E-state index in [-0.39, 0.29) is 12.1 Å². The van der Waals surface area contributed by atoms with Gasteiger partial charge in [0.25, 0.3) is 5.56 Å². The van der Waals surface area contributed by atoms with Gasteiger partial charge in [0.15, 0.2) is 0 Å². The van der Waals surface area contributed by atoms with E-state index >= 15 is 0 Å². The zero-order valence-corrected chi connectivity index (χ0v) is 15.6. The predicted octanol–water partition coefficient (Wildman–Crippen LogP) is 3.86. The molecule has 132 valence electrons. The van der Waals surface area contributed by atoms with Gasteiger partial charge in [0.05, 0.1) is 23.5 Å². The molecule has 5 nitrogen and oxygen atoms in total. The van der Waals surface area contributed by atoms with E-state index in [1.807, 2.05) is 30.1 Å². The van der Waals surface area contributed by atoms with Gasteiger partial charge < -0.3 is 0 Å². The second-order valence-electron chi connectivity index (χ2n) is 6.00. The van der Waals surface area contributed by atoms with Gasteiger partial charge in [-0.25, -0.2) is 4.98 Å². The highest BCUT2D eigenvalue weighted by Crippen LogP contribution is 2.22. The molecule has 2 aromatic carbocycles. The molecule has 7 heteroatoms. The Hall–Kier alpha value is -2.39. The molecule has 0 aliphatic rings. The zero-order valence-electron chi connectivity index (χ0n) is 14.1. The molecular weight excluding hydrogens is 371 g/mol. The van der Waals surface area contributed by atoms with E-state index in [0.717, 1.165) is 5.56 Å². The average Bonchev–Trinajstić information content (AvgIpc) is 2.61. The Morgan fingerprint density at radius 2 is 1.96 bits per heavy atom. The van der Waals surface area contributed by atoms with Crippen LogP contribution in [0.3, 0.4) is 0 Å². The van der Waals surface area contributed by atoms with Crippen LogP contribution in [0.4, 0.5) is 0 Å². The summed E-state index contributed by atoms with van der Waals surface area (Å²) in [5.41, 5.74) is 1.35. The number of fused-ring (bicyclic) bond motifs is 1. The van der Waals surface area contributed by atoms with Crippen molar-refractivity contribution in [2.24, 2.45) is 0 Å². The second-order valence-corrected chi connectivity index (χ2v) is 6.85. The van der Waals surface area contributed by atoms with Crippen molar-refractivity contribution in [3.63, 3.8) is 0 Å². The van der Waals surface area contributed by atoms with E-state index in [0.29, 0.717) is 39.9 Å². The predicted molar refractivity (Wildman–Crippen MR) is 103 cm³/mol. The van der Waals surface area contributed by atoms with Crippen molar-refractivity contribution < 1.29 is 0 Å². The van der Waals surface area contributed by atoms with Crippen LogP contribution in [0.15, 0.2) is 47.3 Å². The number of para-hydroxylation sites is 1. The first kappa shape index (κ1) is 18.4. The highest BCUT2D eigenvalue weighted by atomic mass is 35.5. The molecule has 0 radical (unpaired) electrons. The van der Waals surface area contributed by atoms with Crippen molar-refractivity contribution in [3.05, 3.63) is 74.3 Å². The molecule has 0 unspecified atom stereocenters. The molecule has 1 aromatic heterocycles. The molecule has 0 aliphatic heterocycles. The van der Waals surface area contributed by atoms with E-state index in [1.165, 1.54) is 4.57 Å². The molecule has 3 aromatic rings. The van der Waals surface area contributed by atoms with Gasteiger partial charge in [-0.15, -0.1) is 0 Å². The van der Waals surface area contributed by atoms with Crippen LogP contribution >= 0.6 is 23.2 Å². The summed E-state index contributed by atoms with van der Waals surface area (Å²) in [7, 11) is 1.91. The van der Waals surface area contributed by atoms with Crippen molar-refractivity contribution in [1.82, 2.24) is 14.5 Å². The molecule has 0 saturated carbocycles. The molecule has 0 N–H and O–H groups in total. The Balaban J connectivity index is 1.93. The van der Waals surface area contributed by atoms with Gasteiger partial charge in [-0.05, 0) is 36.9 Å². The monoisotopic (exact) mass is 386 g/mol. The number of nitriles is 1. The topological polar surface area (TPSA) is 61.9 Å². The maximum atomic E-state index is 12.7. The lowest BCUT2D eigenvalue weighted by Gasteiger charge is -2.19. The van der Waals surface area contributed by atoms with Gasteiger partial charge in [-0.3, -0.25) is 14.3 Å². The first-order chi connectivity index (χ1) is 12.5. The van der Waals surface area contributed by atoms with Gasteiger partial charge in [0, 0.05) is 16.6 Å². The van der Waals surface area contributed by atoms with Crippen molar-refractivity contribution in [2.45, 2.75) is 19.6 Å². The maximum absolute atomic E-state index is 12.7. The third-order valence-corrected chi connectivity index (χ3v) is 4.62. The van der Waals surface area contributed by atoms with Crippen molar-refractivity contribution >= 4 is 34.1 Å². The fourth-order valence-electron chi connectivity index (χ4n) is 2.81. The van der Waals surface area contributed by atoms with Crippen LogP contribution in [0.2, 0.25) is 10.0 Å². The highest BCUT2D eigenvalue weighted by molar-refractivity contribution is 6.35. The maximum Gasteiger partial charge on any atom is 0.262 e. The summed E-state index contributed by atoms with van der Waals surface area (Å²) in [5.74, 6) is 0.544. The number of hydrogen-bond donors (Lipinski definition) is 0. The van der Waals surface area contributed by atoms with E-state index in [4.69, 9.17) is 28.5 Å². The Morgan fingerprint density at radius 1 is 1.19 bits per heavy atom. The van der Waals surface area contributed by atoms with E-state index < -0.39 is 0 Å². The Kier molecular flexibility index (Phi) is 5.58. The molecule has 0 saturated heterocycles. The summed E-state index contributed by atoms with van der Waals surface area (Å²) >= 11 is 12.2. The van der Waals surface area contributed by atoms with Crippen molar-refractivity contribution in [1.29, 1.82) is 5.26 Å². The summed E-state index contributed by atoms with van der Waals surface area (Å²) in [6, 6.07) is 14.5. The molecular formula is C19H16Cl2N4O. The minimum atomic E-state index is -0.204. The number of benzene rings is 2. The second kappa shape index (κ2) is 7.88. The lowest BCUT2D eigenvalue weighted by atomic mass is 10.2. The van der Waals surface area contributed by atoms with Gasteiger partial charge in [-0.1, -0.05) is 41.4 Å². The Labute approximate surface area is 161 Å². The number of halogens is 2. The molecule has 0 amide bonds. The quantitative estimate of drug-likeness (QED) is 0.667.